The molecule has 0 N–H and O–H groups in total. The number of hydrogen-bond acceptors (Lipinski definition) is 0. The molecule has 0 spiro atoms. The van der Waals surface area contributed by atoms with Gasteiger partial charge in [0.25, 0.3) is 0 Å². The molecule has 0 heteroatoms. The molecule has 5 fully saturated rings. The van der Waals surface area contributed by atoms with Crippen LogP contribution in [0.3, 0.4) is 0 Å². The standard InChI is InChI=1S/C18H24/c1-8-4-11-6-12(8)18-14-7-13(17(11)18)15-9-2-3-10(5-9)16(14)15/h2-3,8-18H,4-7H2,1H3/t8-,9?,10?,11?,12?,13-,14+,15?,16?,17?,18?/m1/s1. The van der Waals surface area contributed by atoms with Crippen molar-refractivity contribution in [1.82, 2.24) is 0 Å². The van der Waals surface area contributed by atoms with E-state index in [4.69, 9.17) is 0 Å². The van der Waals surface area contributed by atoms with Gasteiger partial charge in [-0.2, -0.15) is 0 Å². The van der Waals surface area contributed by atoms with E-state index in [2.05, 4.69) is 19.1 Å². The van der Waals surface area contributed by atoms with Crippen LogP contribution < -0.4 is 0 Å². The maximum Gasteiger partial charge on any atom is -0.0194 e. The van der Waals surface area contributed by atoms with Crippen molar-refractivity contribution in [3.63, 3.8) is 0 Å². The average Bonchev–Trinajstić information content (AvgIpc) is 3.14. The lowest BCUT2D eigenvalue weighted by Crippen LogP contribution is -2.41. The van der Waals surface area contributed by atoms with Crippen molar-refractivity contribution in [2.45, 2.75) is 32.6 Å². The van der Waals surface area contributed by atoms with Gasteiger partial charge < -0.3 is 0 Å². The zero-order valence-electron chi connectivity index (χ0n) is 11.3. The third-order valence-electron chi connectivity index (χ3n) is 8.57. The molecule has 5 saturated carbocycles. The lowest BCUT2D eigenvalue weighted by molar-refractivity contribution is 0.0330. The first kappa shape index (κ1) is 9.61. The highest BCUT2D eigenvalue weighted by molar-refractivity contribution is 5.24. The van der Waals surface area contributed by atoms with Crippen LogP contribution in [0.25, 0.3) is 0 Å². The second-order valence-corrected chi connectivity index (χ2v) is 8.69. The molecular weight excluding hydrogens is 216 g/mol. The molecule has 8 unspecified atom stereocenters. The lowest BCUT2D eigenvalue weighted by Gasteiger charge is -2.45. The van der Waals surface area contributed by atoms with Crippen LogP contribution in [-0.2, 0) is 0 Å². The van der Waals surface area contributed by atoms with Crippen molar-refractivity contribution in [3.8, 4) is 0 Å². The first-order valence-corrected chi connectivity index (χ1v) is 8.51. The van der Waals surface area contributed by atoms with Gasteiger partial charge >= 0.3 is 0 Å². The number of hydrogen-bond donors (Lipinski definition) is 0. The van der Waals surface area contributed by atoms with Crippen molar-refractivity contribution in [2.75, 3.05) is 0 Å². The Morgan fingerprint density at radius 1 is 0.667 bits per heavy atom. The van der Waals surface area contributed by atoms with Gasteiger partial charge in [-0.3, -0.25) is 0 Å². The Kier molecular flexibility index (Phi) is 1.48. The highest BCUT2D eigenvalue weighted by Crippen LogP contribution is 2.76. The van der Waals surface area contributed by atoms with Gasteiger partial charge in [-0.15, -0.1) is 0 Å². The van der Waals surface area contributed by atoms with E-state index >= 15 is 0 Å². The van der Waals surface area contributed by atoms with Crippen LogP contribution in [0.2, 0.25) is 0 Å². The molecule has 18 heavy (non-hydrogen) atoms. The van der Waals surface area contributed by atoms with E-state index in [0.29, 0.717) is 0 Å². The van der Waals surface area contributed by atoms with Crippen LogP contribution in [-0.4, -0.2) is 0 Å². The summed E-state index contributed by atoms with van der Waals surface area (Å²) < 4.78 is 0. The first-order chi connectivity index (χ1) is 8.83. The third kappa shape index (κ3) is 0.816. The predicted octanol–water partition coefficient (Wildman–Crippen LogP) is 3.98. The van der Waals surface area contributed by atoms with Crippen LogP contribution in [0.5, 0.6) is 0 Å². The molecule has 0 amide bonds. The molecule has 0 radical (unpaired) electrons. The van der Waals surface area contributed by atoms with Gasteiger partial charge in [-0.1, -0.05) is 19.1 Å². The Labute approximate surface area is 110 Å². The minimum atomic E-state index is 1.02. The van der Waals surface area contributed by atoms with E-state index in [-0.39, 0.29) is 0 Å². The van der Waals surface area contributed by atoms with E-state index in [1.165, 1.54) is 23.7 Å². The van der Waals surface area contributed by atoms with Gasteiger partial charge in [0.2, 0.25) is 0 Å². The molecule has 0 aromatic heterocycles. The van der Waals surface area contributed by atoms with E-state index in [1.54, 1.807) is 25.7 Å². The summed E-state index contributed by atoms with van der Waals surface area (Å²) in [5, 5.41) is 0. The van der Waals surface area contributed by atoms with E-state index in [9.17, 15) is 0 Å². The van der Waals surface area contributed by atoms with Crippen LogP contribution >= 0.6 is 0 Å². The second-order valence-electron chi connectivity index (χ2n) is 8.69. The molecular formula is C18H24. The Morgan fingerprint density at radius 3 is 2.17 bits per heavy atom. The van der Waals surface area contributed by atoms with Crippen LogP contribution in [0.1, 0.15) is 32.6 Å². The molecule has 6 aliphatic carbocycles. The highest BCUT2D eigenvalue weighted by atomic mass is 14.7. The number of fused-ring (bicyclic) bond motifs is 16. The fourth-order valence-corrected chi connectivity index (χ4v) is 8.58. The molecule has 0 saturated heterocycles. The zero-order chi connectivity index (χ0) is 11.6. The molecule has 0 heterocycles. The van der Waals surface area contributed by atoms with Gasteiger partial charge in [0.05, 0.1) is 0 Å². The third-order valence-corrected chi connectivity index (χ3v) is 8.57. The van der Waals surface area contributed by atoms with E-state index in [1.807, 2.05) is 0 Å². The first-order valence-electron chi connectivity index (χ1n) is 8.51. The van der Waals surface area contributed by atoms with Gasteiger partial charge in [0.15, 0.2) is 0 Å². The Morgan fingerprint density at radius 2 is 1.39 bits per heavy atom. The summed E-state index contributed by atoms with van der Waals surface area (Å²) in [6, 6.07) is 0. The van der Waals surface area contributed by atoms with E-state index < -0.39 is 0 Å². The van der Waals surface area contributed by atoms with Gasteiger partial charge in [0.1, 0.15) is 0 Å². The molecule has 6 bridgehead atoms. The SMILES string of the molecule is C[C@@H]1CC2CC1C1C2[C@@H]2C[C@H]1C1C3C=CC(C3)C12. The van der Waals surface area contributed by atoms with Crippen LogP contribution in [0.4, 0.5) is 0 Å². The molecule has 6 aliphatic rings. The fraction of sp³-hybridized carbons (Fsp3) is 0.889. The van der Waals surface area contributed by atoms with Crippen LogP contribution in [0, 0.1) is 65.1 Å². The summed E-state index contributed by atoms with van der Waals surface area (Å²) in [4.78, 5) is 0. The largest absolute Gasteiger partial charge is 0.0848 e. The molecule has 0 aromatic rings. The summed E-state index contributed by atoms with van der Waals surface area (Å²) in [6.07, 6.45) is 11.6. The Balaban J connectivity index is 1.46. The topological polar surface area (TPSA) is 0 Å². The molecule has 0 nitrogen and oxygen atoms in total. The molecule has 6 rings (SSSR count). The van der Waals surface area contributed by atoms with Crippen molar-refractivity contribution >= 4 is 0 Å². The highest BCUT2D eigenvalue weighted by Gasteiger charge is 2.70. The second kappa shape index (κ2) is 2.76. The monoisotopic (exact) mass is 240 g/mol. The molecule has 96 valence electrons. The molecule has 11 atom stereocenters. The average molecular weight is 240 g/mol. The minimum absolute atomic E-state index is 1.02. The normalized spacial score (nSPS) is 73.3. The smallest absolute Gasteiger partial charge is 0.0194 e. The summed E-state index contributed by atoms with van der Waals surface area (Å²) in [5.74, 6) is 12.5. The summed E-state index contributed by atoms with van der Waals surface area (Å²) in [5.41, 5.74) is 0. The Bertz CT molecular complexity index is 449. The van der Waals surface area contributed by atoms with Crippen molar-refractivity contribution in [1.29, 1.82) is 0 Å². The zero-order valence-corrected chi connectivity index (χ0v) is 11.3. The molecule has 0 aliphatic heterocycles. The molecule has 0 aromatic carbocycles. The van der Waals surface area contributed by atoms with Gasteiger partial charge in [-0.05, 0) is 90.8 Å². The minimum Gasteiger partial charge on any atom is -0.0848 e. The van der Waals surface area contributed by atoms with Gasteiger partial charge in [0, 0.05) is 0 Å². The fourth-order valence-electron chi connectivity index (χ4n) is 8.58. The lowest BCUT2D eigenvalue weighted by atomic mass is 9.59. The maximum atomic E-state index is 2.61. The Hall–Kier alpha value is -0.260. The van der Waals surface area contributed by atoms with Gasteiger partial charge in [-0.25, -0.2) is 0 Å². The van der Waals surface area contributed by atoms with Crippen molar-refractivity contribution in [3.05, 3.63) is 12.2 Å². The summed E-state index contributed by atoms with van der Waals surface area (Å²) in [7, 11) is 0. The predicted molar refractivity (Wildman–Crippen MR) is 71.7 cm³/mol. The quantitative estimate of drug-likeness (QED) is 0.444. The number of rotatable bonds is 0. The maximum absolute atomic E-state index is 2.61. The summed E-state index contributed by atoms with van der Waals surface area (Å²) >= 11 is 0. The van der Waals surface area contributed by atoms with Crippen molar-refractivity contribution < 1.29 is 0 Å². The van der Waals surface area contributed by atoms with E-state index in [0.717, 1.165) is 41.4 Å². The van der Waals surface area contributed by atoms with Crippen molar-refractivity contribution in [2.24, 2.45) is 65.1 Å². The summed E-state index contributed by atoms with van der Waals surface area (Å²) in [6.45, 7) is 2.56. The van der Waals surface area contributed by atoms with Crippen LogP contribution in [0.15, 0.2) is 12.2 Å². The number of allylic oxidation sites excluding steroid dienone is 2.